The van der Waals surface area contributed by atoms with Crippen molar-refractivity contribution in [2.75, 3.05) is 37.4 Å². The minimum absolute atomic E-state index is 0.120. The van der Waals surface area contributed by atoms with Crippen LogP contribution in [0.2, 0.25) is 0 Å². The zero-order valence-electron chi connectivity index (χ0n) is 24.2. The van der Waals surface area contributed by atoms with Crippen molar-refractivity contribution in [3.8, 4) is 0 Å². The number of anilines is 2. The number of hydrogen-bond acceptors (Lipinski definition) is 7. The molecule has 1 heterocycles. The van der Waals surface area contributed by atoms with Crippen molar-refractivity contribution < 1.29 is 9.53 Å². The molecular weight excluding hydrogens is 486 g/mol. The van der Waals surface area contributed by atoms with E-state index in [2.05, 4.69) is 41.0 Å². The number of aromatic nitrogens is 2. The monoisotopic (exact) mass is 531 g/mol. The van der Waals surface area contributed by atoms with E-state index in [0.29, 0.717) is 24.3 Å². The molecule has 0 amide bonds. The van der Waals surface area contributed by atoms with Crippen LogP contribution >= 0.6 is 0 Å². The highest BCUT2D eigenvalue weighted by Crippen LogP contribution is 2.28. The van der Waals surface area contributed by atoms with Crippen molar-refractivity contribution in [3.05, 3.63) is 60.2 Å². The summed E-state index contributed by atoms with van der Waals surface area (Å²) in [6.45, 7) is 7.56. The molecule has 0 radical (unpaired) electrons. The number of nitrogens with one attached hydrogen (secondary N) is 2. The van der Waals surface area contributed by atoms with E-state index >= 15 is 0 Å². The first-order chi connectivity index (χ1) is 18.7. The highest BCUT2D eigenvalue weighted by atomic mass is 16.6. The number of para-hydroxylation sites is 1. The Hall–Kier alpha value is -3.19. The van der Waals surface area contributed by atoms with Crippen LogP contribution in [0.25, 0.3) is 10.9 Å². The first-order valence-electron chi connectivity index (χ1n) is 14.3. The fourth-order valence-corrected chi connectivity index (χ4v) is 5.43. The number of ether oxygens (including phenoxy) is 1. The number of benzene rings is 2. The largest absolute Gasteiger partial charge is 0.460 e. The zero-order chi connectivity index (χ0) is 27.8. The van der Waals surface area contributed by atoms with Gasteiger partial charge in [0.2, 0.25) is 5.95 Å². The summed E-state index contributed by atoms with van der Waals surface area (Å²) in [5, 5.41) is 8.37. The van der Waals surface area contributed by atoms with E-state index in [1.165, 1.54) is 5.56 Å². The molecule has 2 N–H and O–H groups in total. The van der Waals surface area contributed by atoms with E-state index < -0.39 is 5.60 Å². The Bertz CT molecular complexity index is 1200. The molecule has 2 aromatic carbocycles. The average Bonchev–Trinajstić information content (AvgIpc) is 2.88. The summed E-state index contributed by atoms with van der Waals surface area (Å²) >= 11 is 0. The van der Waals surface area contributed by atoms with Gasteiger partial charge in [0, 0.05) is 31.9 Å². The maximum atomic E-state index is 12.6. The number of esters is 1. The Labute approximate surface area is 233 Å². The first kappa shape index (κ1) is 28.8. The number of carbonyl (C=O) groups excluding carboxylic acids is 1. The van der Waals surface area contributed by atoms with E-state index in [4.69, 9.17) is 14.7 Å². The van der Waals surface area contributed by atoms with Crippen molar-refractivity contribution in [3.63, 3.8) is 0 Å². The standard InChI is InChI=1S/C32H45N5O2/c1-32(2,3)39-29(38)20-25(19-23-11-7-6-8-12-23)22-33-21-24-15-17-26(18-16-24)34-31-35-28-14-10-9-13-27(28)30(36-31)37(4)5/h6-14,24-26,33H,15-22H2,1-5H3,(H,34,35,36). The van der Waals surface area contributed by atoms with Crippen molar-refractivity contribution >= 4 is 28.6 Å². The van der Waals surface area contributed by atoms with Gasteiger partial charge in [-0.1, -0.05) is 42.5 Å². The Morgan fingerprint density at radius 2 is 1.69 bits per heavy atom. The van der Waals surface area contributed by atoms with E-state index in [1.54, 1.807) is 0 Å². The van der Waals surface area contributed by atoms with Gasteiger partial charge in [0.05, 0.1) is 5.52 Å². The third-order valence-corrected chi connectivity index (χ3v) is 7.30. The van der Waals surface area contributed by atoms with Crippen LogP contribution < -0.4 is 15.5 Å². The maximum absolute atomic E-state index is 12.6. The van der Waals surface area contributed by atoms with Gasteiger partial charge in [0.1, 0.15) is 11.4 Å². The van der Waals surface area contributed by atoms with E-state index in [-0.39, 0.29) is 11.9 Å². The highest BCUT2D eigenvalue weighted by Gasteiger charge is 2.24. The van der Waals surface area contributed by atoms with Crippen LogP contribution in [-0.2, 0) is 16.0 Å². The fraction of sp³-hybridized carbons (Fsp3) is 0.531. The number of carbonyl (C=O) groups is 1. The molecule has 210 valence electrons. The summed E-state index contributed by atoms with van der Waals surface area (Å²) in [5.41, 5.74) is 1.77. The Morgan fingerprint density at radius 1 is 1.00 bits per heavy atom. The van der Waals surface area contributed by atoms with Crippen LogP contribution in [0.15, 0.2) is 54.6 Å². The number of nitrogens with zero attached hydrogens (tertiary/aromatic N) is 3. The molecule has 7 heteroatoms. The molecule has 1 atom stereocenters. The molecule has 1 saturated carbocycles. The van der Waals surface area contributed by atoms with Crippen LogP contribution in [0.1, 0.15) is 58.4 Å². The lowest BCUT2D eigenvalue weighted by molar-refractivity contribution is -0.155. The number of hydrogen-bond donors (Lipinski definition) is 2. The predicted molar refractivity (Wildman–Crippen MR) is 160 cm³/mol. The van der Waals surface area contributed by atoms with Gasteiger partial charge in [0.25, 0.3) is 0 Å². The second-order valence-electron chi connectivity index (χ2n) is 12.1. The highest BCUT2D eigenvalue weighted by molar-refractivity contribution is 5.90. The van der Waals surface area contributed by atoms with Crippen LogP contribution in [0, 0.1) is 11.8 Å². The zero-order valence-corrected chi connectivity index (χ0v) is 24.2. The topological polar surface area (TPSA) is 79.4 Å². The van der Waals surface area contributed by atoms with E-state index in [9.17, 15) is 4.79 Å². The summed E-state index contributed by atoms with van der Waals surface area (Å²) in [4.78, 5) is 24.2. The molecule has 0 spiro atoms. The summed E-state index contributed by atoms with van der Waals surface area (Å²) in [7, 11) is 4.05. The molecule has 1 unspecified atom stereocenters. The van der Waals surface area contributed by atoms with Crippen LogP contribution in [-0.4, -0.2) is 54.8 Å². The second-order valence-corrected chi connectivity index (χ2v) is 12.1. The molecule has 1 aliphatic rings. The molecule has 1 aromatic heterocycles. The SMILES string of the molecule is CN(C)c1nc(NC2CCC(CNCC(CC(=O)OC(C)(C)C)Cc3ccccc3)CC2)nc2ccccc12. The van der Waals surface area contributed by atoms with E-state index in [1.807, 2.05) is 64.0 Å². The summed E-state index contributed by atoms with van der Waals surface area (Å²) in [6, 6.07) is 19.0. The lowest BCUT2D eigenvalue weighted by Gasteiger charge is -2.30. The van der Waals surface area contributed by atoms with Crippen LogP contribution in [0.4, 0.5) is 11.8 Å². The number of fused-ring (bicyclic) bond motifs is 1. The molecule has 4 rings (SSSR count). The van der Waals surface area contributed by atoms with Gasteiger partial charge in [-0.15, -0.1) is 0 Å². The molecule has 1 aliphatic carbocycles. The van der Waals surface area contributed by atoms with Gasteiger partial charge in [0.15, 0.2) is 0 Å². The van der Waals surface area contributed by atoms with Gasteiger partial charge < -0.3 is 20.3 Å². The lowest BCUT2D eigenvalue weighted by Crippen LogP contribution is -2.35. The normalized spacial score (nSPS) is 18.5. The van der Waals surface area contributed by atoms with Crippen molar-refractivity contribution in [2.45, 2.75) is 70.9 Å². The maximum Gasteiger partial charge on any atom is 0.306 e. The van der Waals surface area contributed by atoms with Gasteiger partial charge >= 0.3 is 5.97 Å². The minimum atomic E-state index is -0.458. The van der Waals surface area contributed by atoms with Gasteiger partial charge in [-0.3, -0.25) is 4.79 Å². The van der Waals surface area contributed by atoms with Crippen molar-refractivity contribution in [2.24, 2.45) is 11.8 Å². The molecule has 0 saturated heterocycles. The fourth-order valence-electron chi connectivity index (χ4n) is 5.43. The Kier molecular flexibility index (Phi) is 9.78. The molecule has 7 nitrogen and oxygen atoms in total. The van der Waals surface area contributed by atoms with E-state index in [0.717, 1.165) is 61.9 Å². The predicted octanol–water partition coefficient (Wildman–Crippen LogP) is 5.85. The first-order valence-corrected chi connectivity index (χ1v) is 14.3. The third kappa shape index (κ3) is 8.92. The summed E-state index contributed by atoms with van der Waals surface area (Å²) in [6.07, 6.45) is 5.82. The van der Waals surface area contributed by atoms with Crippen LogP contribution in [0.3, 0.4) is 0 Å². The van der Waals surface area contributed by atoms with Gasteiger partial charge in [-0.2, -0.15) is 4.98 Å². The van der Waals surface area contributed by atoms with Gasteiger partial charge in [-0.25, -0.2) is 4.98 Å². The lowest BCUT2D eigenvalue weighted by atomic mass is 9.86. The molecule has 39 heavy (non-hydrogen) atoms. The third-order valence-electron chi connectivity index (χ3n) is 7.30. The smallest absolute Gasteiger partial charge is 0.306 e. The molecule has 0 aliphatic heterocycles. The molecule has 3 aromatic rings. The van der Waals surface area contributed by atoms with Crippen molar-refractivity contribution in [1.82, 2.24) is 15.3 Å². The summed E-state index contributed by atoms with van der Waals surface area (Å²) < 4.78 is 5.62. The second kappa shape index (κ2) is 13.2. The quantitative estimate of drug-likeness (QED) is 0.301. The molecule has 0 bridgehead atoms. The Morgan fingerprint density at radius 3 is 2.38 bits per heavy atom. The molecular formula is C32H45N5O2. The van der Waals surface area contributed by atoms with Gasteiger partial charge in [-0.05, 0) is 95.5 Å². The summed E-state index contributed by atoms with van der Waals surface area (Å²) in [5.74, 6) is 2.38. The molecule has 1 fully saturated rings. The number of rotatable bonds is 11. The minimum Gasteiger partial charge on any atom is -0.460 e. The Balaban J connectivity index is 1.26. The average molecular weight is 532 g/mol. The van der Waals surface area contributed by atoms with Crippen LogP contribution in [0.5, 0.6) is 0 Å². The van der Waals surface area contributed by atoms with Crippen molar-refractivity contribution in [1.29, 1.82) is 0 Å².